The van der Waals surface area contributed by atoms with Crippen LogP contribution in [0.3, 0.4) is 0 Å². The molecule has 1 aromatic heterocycles. The molecule has 1 atom stereocenters. The quantitative estimate of drug-likeness (QED) is 0.757. The zero-order valence-electron chi connectivity index (χ0n) is 13.0. The summed E-state index contributed by atoms with van der Waals surface area (Å²) in [5.41, 5.74) is 1.48. The monoisotopic (exact) mass is 314 g/mol. The Morgan fingerprint density at radius 2 is 2.15 bits per heavy atom. The van der Waals surface area contributed by atoms with Crippen LogP contribution in [-0.4, -0.2) is 29.5 Å². The molecule has 1 fully saturated rings. The van der Waals surface area contributed by atoms with Crippen molar-refractivity contribution in [3.63, 3.8) is 0 Å². The lowest BCUT2D eigenvalue weighted by molar-refractivity contribution is 0.208. The van der Waals surface area contributed by atoms with Gasteiger partial charge in [0.25, 0.3) is 0 Å². The smallest absolute Gasteiger partial charge is 0.0941 e. The van der Waals surface area contributed by atoms with Gasteiger partial charge in [-0.3, -0.25) is 0 Å². The van der Waals surface area contributed by atoms with Gasteiger partial charge < -0.3 is 4.90 Å². The van der Waals surface area contributed by atoms with Gasteiger partial charge in [0, 0.05) is 18.3 Å². The summed E-state index contributed by atoms with van der Waals surface area (Å²) in [5.74, 6) is 1.41. The van der Waals surface area contributed by atoms with E-state index in [1.807, 2.05) is 0 Å². The Hall–Kier alpha value is -0.120. The van der Waals surface area contributed by atoms with Crippen molar-refractivity contribution in [3.8, 4) is 0 Å². The number of hydrogen-bond donors (Lipinski definition) is 0. The summed E-state index contributed by atoms with van der Waals surface area (Å²) in [6.07, 6.45) is 5.14. The van der Waals surface area contributed by atoms with Gasteiger partial charge >= 0.3 is 0 Å². The minimum Gasteiger partial charge on any atom is -0.303 e. The molecule has 20 heavy (non-hydrogen) atoms. The lowest BCUT2D eigenvalue weighted by atomic mass is 9.77. The molecule has 0 radical (unpaired) electrons. The maximum absolute atomic E-state index is 5.80. The molecule has 2 nitrogen and oxygen atoms in total. The number of thiazole rings is 1. The van der Waals surface area contributed by atoms with E-state index in [4.69, 9.17) is 11.6 Å². The zero-order chi connectivity index (χ0) is 14.6. The van der Waals surface area contributed by atoms with Crippen LogP contribution in [0.1, 0.15) is 50.7 Å². The fourth-order valence-electron chi connectivity index (χ4n) is 3.02. The van der Waals surface area contributed by atoms with Gasteiger partial charge in [-0.2, -0.15) is 0 Å². The van der Waals surface area contributed by atoms with Crippen LogP contribution < -0.4 is 0 Å². The lowest BCUT2D eigenvalue weighted by Crippen LogP contribution is -2.28. The van der Waals surface area contributed by atoms with E-state index in [9.17, 15) is 0 Å². The van der Waals surface area contributed by atoms with Crippen LogP contribution in [0.5, 0.6) is 0 Å². The van der Waals surface area contributed by atoms with Crippen LogP contribution in [0.2, 0.25) is 0 Å². The Labute approximate surface area is 132 Å². The summed E-state index contributed by atoms with van der Waals surface area (Å²) in [6, 6.07) is 0. The Morgan fingerprint density at radius 1 is 1.35 bits per heavy atom. The predicted octanol–water partition coefficient (Wildman–Crippen LogP) is 4.57. The first kappa shape index (κ1) is 16.3. The van der Waals surface area contributed by atoms with Gasteiger partial charge in [0.1, 0.15) is 0 Å². The second-order valence-corrected chi connectivity index (χ2v) is 8.16. The minimum absolute atomic E-state index is 0.459. The van der Waals surface area contributed by atoms with Crippen LogP contribution in [0, 0.1) is 11.3 Å². The highest BCUT2D eigenvalue weighted by Gasteiger charge is 2.26. The van der Waals surface area contributed by atoms with E-state index in [0.29, 0.717) is 11.3 Å². The minimum atomic E-state index is 0.459. The molecule has 2 heterocycles. The van der Waals surface area contributed by atoms with Crippen LogP contribution in [0.4, 0.5) is 0 Å². The van der Waals surface area contributed by atoms with Gasteiger partial charge in [-0.25, -0.2) is 4.98 Å². The van der Waals surface area contributed by atoms with Gasteiger partial charge in [0.2, 0.25) is 0 Å². The van der Waals surface area contributed by atoms with Crippen molar-refractivity contribution in [1.29, 1.82) is 0 Å². The third-order valence-corrected chi connectivity index (χ3v) is 5.65. The maximum atomic E-state index is 5.80. The number of alkyl halides is 1. The summed E-state index contributed by atoms with van der Waals surface area (Å²) in [5, 5.41) is 3.32. The Balaban J connectivity index is 1.79. The van der Waals surface area contributed by atoms with Gasteiger partial charge in [-0.1, -0.05) is 20.8 Å². The largest absolute Gasteiger partial charge is 0.303 e. The number of nitrogens with zero attached hydrogens (tertiary/aromatic N) is 2. The standard InChI is InChI=1S/C16H27ClN2S/c1-16(2,3)13-5-4-8-19(9-6-13)10-7-15-18-14(11-17)12-20-15/h12-13H,4-11H2,1-3H3. The van der Waals surface area contributed by atoms with Crippen LogP contribution in [-0.2, 0) is 12.3 Å². The summed E-state index contributed by atoms with van der Waals surface area (Å²) in [4.78, 5) is 7.17. The van der Waals surface area contributed by atoms with E-state index in [-0.39, 0.29) is 0 Å². The number of likely N-dealkylation sites (tertiary alicyclic amines) is 1. The third kappa shape index (κ3) is 4.71. The highest BCUT2D eigenvalue weighted by molar-refractivity contribution is 7.09. The van der Waals surface area contributed by atoms with Crippen molar-refractivity contribution in [2.45, 2.75) is 52.3 Å². The van der Waals surface area contributed by atoms with Crippen LogP contribution in [0.25, 0.3) is 0 Å². The average molecular weight is 315 g/mol. The van der Waals surface area contributed by atoms with E-state index >= 15 is 0 Å². The molecule has 0 bridgehead atoms. The fraction of sp³-hybridized carbons (Fsp3) is 0.812. The molecule has 114 valence electrons. The second-order valence-electron chi connectivity index (χ2n) is 6.95. The topological polar surface area (TPSA) is 16.1 Å². The van der Waals surface area contributed by atoms with Crippen LogP contribution >= 0.6 is 22.9 Å². The molecule has 0 aromatic carbocycles. The fourth-order valence-corrected chi connectivity index (χ4v) is 4.04. The Kier molecular flexibility index (Phi) is 5.88. The molecular weight excluding hydrogens is 288 g/mol. The van der Waals surface area contributed by atoms with E-state index in [0.717, 1.165) is 24.6 Å². The van der Waals surface area contributed by atoms with E-state index in [1.54, 1.807) is 11.3 Å². The maximum Gasteiger partial charge on any atom is 0.0941 e. The number of halogens is 1. The first-order chi connectivity index (χ1) is 9.49. The first-order valence-electron chi connectivity index (χ1n) is 7.70. The Morgan fingerprint density at radius 3 is 2.80 bits per heavy atom. The molecule has 0 aliphatic carbocycles. The van der Waals surface area contributed by atoms with Gasteiger partial charge in [0.05, 0.1) is 16.6 Å². The summed E-state index contributed by atoms with van der Waals surface area (Å²) >= 11 is 7.55. The summed E-state index contributed by atoms with van der Waals surface area (Å²) in [6.45, 7) is 10.8. The summed E-state index contributed by atoms with van der Waals surface area (Å²) in [7, 11) is 0. The van der Waals surface area contributed by atoms with Gasteiger partial charge in [0.15, 0.2) is 0 Å². The van der Waals surface area contributed by atoms with Gasteiger partial charge in [-0.15, -0.1) is 22.9 Å². The normalized spacial score (nSPS) is 21.9. The lowest BCUT2D eigenvalue weighted by Gasteiger charge is -2.29. The zero-order valence-corrected chi connectivity index (χ0v) is 14.6. The molecule has 1 unspecified atom stereocenters. The molecule has 0 amide bonds. The van der Waals surface area contributed by atoms with Gasteiger partial charge in [-0.05, 0) is 43.7 Å². The van der Waals surface area contributed by atoms with Crippen LogP contribution in [0.15, 0.2) is 5.38 Å². The molecule has 4 heteroatoms. The van der Waals surface area contributed by atoms with Crippen molar-refractivity contribution in [2.75, 3.05) is 19.6 Å². The van der Waals surface area contributed by atoms with E-state index in [1.165, 1.54) is 37.4 Å². The molecule has 0 saturated carbocycles. The second kappa shape index (κ2) is 7.24. The first-order valence-corrected chi connectivity index (χ1v) is 9.12. The molecule has 1 aliphatic heterocycles. The SMILES string of the molecule is CC(C)(C)C1CCCN(CCc2nc(CCl)cs2)CC1. The van der Waals surface area contributed by atoms with Crippen molar-refractivity contribution in [2.24, 2.45) is 11.3 Å². The third-order valence-electron chi connectivity index (χ3n) is 4.42. The molecule has 0 N–H and O–H groups in total. The molecular formula is C16H27ClN2S. The highest BCUT2D eigenvalue weighted by Crippen LogP contribution is 2.34. The molecule has 1 aliphatic rings. The van der Waals surface area contributed by atoms with Crippen molar-refractivity contribution < 1.29 is 0 Å². The molecule has 2 rings (SSSR count). The summed E-state index contributed by atoms with van der Waals surface area (Å²) < 4.78 is 0. The number of aromatic nitrogens is 1. The van der Waals surface area contributed by atoms with E-state index < -0.39 is 0 Å². The van der Waals surface area contributed by atoms with Crippen molar-refractivity contribution in [3.05, 3.63) is 16.1 Å². The van der Waals surface area contributed by atoms with Crippen molar-refractivity contribution >= 4 is 22.9 Å². The predicted molar refractivity (Wildman–Crippen MR) is 88.6 cm³/mol. The van der Waals surface area contributed by atoms with Crippen molar-refractivity contribution in [1.82, 2.24) is 9.88 Å². The average Bonchev–Trinajstić information content (AvgIpc) is 2.71. The number of hydrogen-bond acceptors (Lipinski definition) is 3. The molecule has 0 spiro atoms. The highest BCUT2D eigenvalue weighted by atomic mass is 35.5. The molecule has 1 aromatic rings. The number of rotatable bonds is 4. The molecule has 1 saturated heterocycles. The Bertz CT molecular complexity index is 411. The van der Waals surface area contributed by atoms with E-state index in [2.05, 4.69) is 36.0 Å².